The highest BCUT2D eigenvalue weighted by Gasteiger charge is 2.28. The number of aliphatic hydroxyl groups excluding tert-OH is 1. The van der Waals surface area contributed by atoms with Crippen molar-refractivity contribution < 1.29 is 27.8 Å². The van der Waals surface area contributed by atoms with Gasteiger partial charge in [-0.15, -0.1) is 0 Å². The van der Waals surface area contributed by atoms with Crippen LogP contribution in [0.5, 0.6) is 11.5 Å². The third-order valence-corrected chi connectivity index (χ3v) is 7.76. The van der Waals surface area contributed by atoms with Crippen LogP contribution in [0.25, 0.3) is 0 Å². The van der Waals surface area contributed by atoms with Gasteiger partial charge in [0.2, 0.25) is 12.7 Å². The summed E-state index contributed by atoms with van der Waals surface area (Å²) in [6, 6.07) is 14.8. The molecule has 2 aromatic rings. The molecule has 10 heteroatoms. The summed E-state index contributed by atoms with van der Waals surface area (Å²) in [7, 11) is -3.31. The number of rotatable bonds is 13. The number of carbonyl (C=O) groups excluding carboxylic acids is 1. The quantitative estimate of drug-likeness (QED) is 0.376. The monoisotopic (exact) mass is 536 g/mol. The molecule has 2 aromatic carbocycles. The van der Waals surface area contributed by atoms with Crippen molar-refractivity contribution in [2.75, 3.05) is 31.9 Å². The summed E-state index contributed by atoms with van der Waals surface area (Å²) in [6.45, 7) is 7.02. The van der Waals surface area contributed by atoms with Gasteiger partial charge in [0, 0.05) is 30.2 Å². The summed E-state index contributed by atoms with van der Waals surface area (Å²) in [4.78, 5) is 13.8. The molecule has 1 amide bonds. The van der Waals surface area contributed by atoms with Gasteiger partial charge in [0.15, 0.2) is 11.5 Å². The maximum absolute atomic E-state index is 12.9. The highest BCUT2D eigenvalue weighted by molar-refractivity contribution is 7.97. The van der Waals surface area contributed by atoms with E-state index in [2.05, 4.69) is 23.5 Å². The molecule has 1 aliphatic heterocycles. The third kappa shape index (κ3) is 8.99. The molecule has 0 aromatic heterocycles. The van der Waals surface area contributed by atoms with Crippen molar-refractivity contribution >= 4 is 27.7 Å². The Hall–Kier alpha value is -2.27. The minimum Gasteiger partial charge on any atom is -0.454 e. The van der Waals surface area contributed by atoms with Gasteiger partial charge in [0.05, 0.1) is 17.9 Å². The number of hydrogen-bond acceptors (Lipinski definition) is 8. The maximum atomic E-state index is 12.9. The van der Waals surface area contributed by atoms with Gasteiger partial charge in [-0.25, -0.2) is 12.7 Å². The molecule has 36 heavy (non-hydrogen) atoms. The first kappa shape index (κ1) is 28.3. The summed E-state index contributed by atoms with van der Waals surface area (Å²) in [5, 5.41) is 14.2. The van der Waals surface area contributed by atoms with Crippen molar-refractivity contribution in [3.63, 3.8) is 0 Å². The molecule has 198 valence electrons. The summed E-state index contributed by atoms with van der Waals surface area (Å²) in [5.41, 5.74) is 0.969. The molecule has 8 nitrogen and oxygen atoms in total. The van der Waals surface area contributed by atoms with Crippen LogP contribution in [0.4, 0.5) is 0 Å². The van der Waals surface area contributed by atoms with Crippen LogP contribution in [0.3, 0.4) is 0 Å². The van der Waals surface area contributed by atoms with Crippen molar-refractivity contribution in [1.82, 2.24) is 9.62 Å². The van der Waals surface area contributed by atoms with Gasteiger partial charge >= 0.3 is 0 Å². The van der Waals surface area contributed by atoms with E-state index in [0.717, 1.165) is 16.7 Å². The smallest absolute Gasteiger partial charge is 0.231 e. The molecule has 0 saturated heterocycles. The number of benzene rings is 2. The number of amides is 1. The van der Waals surface area contributed by atoms with E-state index < -0.39 is 27.9 Å². The number of fused-ring (bicyclic) bond motifs is 1. The number of hydrogen-bond donors (Lipinski definition) is 2. The molecule has 0 bridgehead atoms. The Morgan fingerprint density at radius 1 is 1.08 bits per heavy atom. The molecular weight excluding hydrogens is 500 g/mol. The van der Waals surface area contributed by atoms with Crippen LogP contribution in [0.2, 0.25) is 0 Å². The predicted molar refractivity (Wildman–Crippen MR) is 142 cm³/mol. The second-order valence-corrected chi connectivity index (χ2v) is 13.1. The molecular formula is C26H36N2O6S2. The van der Waals surface area contributed by atoms with E-state index >= 15 is 0 Å². The Balaban J connectivity index is 1.75. The number of sulfone groups is 1. The van der Waals surface area contributed by atoms with E-state index in [9.17, 15) is 18.3 Å². The van der Waals surface area contributed by atoms with Crippen molar-refractivity contribution in [2.45, 2.75) is 44.2 Å². The lowest BCUT2D eigenvalue weighted by molar-refractivity contribution is -0.125. The van der Waals surface area contributed by atoms with Crippen molar-refractivity contribution in [3.8, 4) is 11.5 Å². The lowest BCUT2D eigenvalue weighted by Gasteiger charge is -2.31. The van der Waals surface area contributed by atoms with Gasteiger partial charge in [-0.05, 0) is 48.0 Å². The molecule has 0 saturated carbocycles. The molecule has 0 unspecified atom stereocenters. The van der Waals surface area contributed by atoms with Gasteiger partial charge < -0.3 is 19.9 Å². The highest BCUT2D eigenvalue weighted by atomic mass is 32.2. The largest absolute Gasteiger partial charge is 0.454 e. The van der Waals surface area contributed by atoms with E-state index in [1.54, 1.807) is 6.92 Å². The molecule has 0 spiro atoms. The fraction of sp³-hybridized carbons (Fsp3) is 0.500. The van der Waals surface area contributed by atoms with Crippen LogP contribution >= 0.6 is 11.9 Å². The lowest BCUT2D eigenvalue weighted by Crippen LogP contribution is -2.50. The van der Waals surface area contributed by atoms with Crippen LogP contribution < -0.4 is 14.8 Å². The number of ether oxygens (including phenoxy) is 2. The number of nitrogens with zero attached hydrogens (tertiary/aromatic N) is 1. The maximum Gasteiger partial charge on any atom is 0.231 e. The van der Waals surface area contributed by atoms with Gasteiger partial charge in [-0.2, -0.15) is 0 Å². The van der Waals surface area contributed by atoms with Crippen LogP contribution in [0, 0.1) is 11.8 Å². The summed E-state index contributed by atoms with van der Waals surface area (Å²) < 4.78 is 36.4. The average molecular weight is 537 g/mol. The Kier molecular flexibility index (Phi) is 10.1. The summed E-state index contributed by atoms with van der Waals surface area (Å²) in [6.07, 6.45) is 0.646. The van der Waals surface area contributed by atoms with E-state index in [0.29, 0.717) is 36.9 Å². The Bertz CT molecular complexity index is 1110. The van der Waals surface area contributed by atoms with Crippen LogP contribution in [0.1, 0.15) is 26.3 Å². The second-order valence-electron chi connectivity index (χ2n) is 9.71. The van der Waals surface area contributed by atoms with Gasteiger partial charge in [0.25, 0.3) is 0 Å². The first-order valence-corrected chi connectivity index (χ1v) is 14.9. The molecule has 0 aliphatic carbocycles. The Morgan fingerprint density at radius 2 is 1.78 bits per heavy atom. The zero-order valence-corrected chi connectivity index (χ0v) is 22.8. The molecule has 1 heterocycles. The van der Waals surface area contributed by atoms with Crippen molar-refractivity contribution in [3.05, 3.63) is 54.1 Å². The number of aliphatic hydroxyl groups is 1. The number of nitrogens with one attached hydrogen (secondary N) is 1. The van der Waals surface area contributed by atoms with Gasteiger partial charge in [0.1, 0.15) is 9.84 Å². The fourth-order valence-corrected chi connectivity index (χ4v) is 6.23. The predicted octanol–water partition coefficient (Wildman–Crippen LogP) is 3.15. The van der Waals surface area contributed by atoms with Crippen LogP contribution in [0.15, 0.2) is 53.4 Å². The topological polar surface area (TPSA) is 105 Å². The van der Waals surface area contributed by atoms with Gasteiger partial charge in [-0.3, -0.25) is 4.79 Å². The SMILES string of the molecule is CC(C)CN(C[C@@H](O)[C@H](Cc1ccccc1)NC(=O)[C@H](C)CS(C)(=O)=O)Sc1ccc2c(c1)OCO2. The normalized spacial score (nSPS) is 15.6. The van der Waals surface area contributed by atoms with Crippen LogP contribution in [-0.2, 0) is 21.1 Å². The highest BCUT2D eigenvalue weighted by Crippen LogP contribution is 2.36. The van der Waals surface area contributed by atoms with E-state index in [4.69, 9.17) is 9.47 Å². The molecule has 0 fully saturated rings. The average Bonchev–Trinajstić information content (AvgIpc) is 3.25. The minimum absolute atomic E-state index is 0.205. The van der Waals surface area contributed by atoms with Crippen molar-refractivity contribution in [1.29, 1.82) is 0 Å². The molecule has 2 N–H and O–H groups in total. The molecule has 3 atom stereocenters. The second kappa shape index (κ2) is 12.8. The minimum atomic E-state index is -3.31. The fourth-order valence-electron chi connectivity index (χ4n) is 3.98. The molecule has 1 aliphatic rings. The summed E-state index contributed by atoms with van der Waals surface area (Å²) in [5.74, 6) is 0.393. The lowest BCUT2D eigenvalue weighted by atomic mass is 10.00. The Labute approximate surface area is 218 Å². The van der Waals surface area contributed by atoms with E-state index in [1.807, 2.05) is 48.5 Å². The van der Waals surface area contributed by atoms with E-state index in [1.165, 1.54) is 11.9 Å². The van der Waals surface area contributed by atoms with Crippen molar-refractivity contribution in [2.24, 2.45) is 11.8 Å². The molecule has 3 rings (SSSR count). The van der Waals surface area contributed by atoms with E-state index in [-0.39, 0.29) is 18.5 Å². The standard InChI is InChI=1S/C26H36N2O6S2/c1-18(2)14-28(35-21-10-11-24-25(13-21)34-17-33-24)15-23(29)22(12-20-8-6-5-7-9-20)27-26(30)19(3)16-36(4,31)32/h5-11,13,18-19,22-23,29H,12,14-17H2,1-4H3,(H,27,30)/t19-,22+,23-/m1/s1. The van der Waals surface area contributed by atoms with Crippen LogP contribution in [-0.4, -0.2) is 67.8 Å². The number of carbonyl (C=O) groups is 1. The summed E-state index contributed by atoms with van der Waals surface area (Å²) >= 11 is 1.51. The molecule has 0 radical (unpaired) electrons. The third-order valence-electron chi connectivity index (χ3n) is 5.63. The zero-order valence-electron chi connectivity index (χ0n) is 21.2. The Morgan fingerprint density at radius 3 is 2.44 bits per heavy atom. The first-order valence-electron chi connectivity index (χ1n) is 12.0. The zero-order chi connectivity index (χ0) is 26.3. The van der Waals surface area contributed by atoms with Gasteiger partial charge in [-0.1, -0.05) is 51.1 Å². The first-order chi connectivity index (χ1) is 17.0.